The van der Waals surface area contributed by atoms with Crippen molar-refractivity contribution in [1.29, 1.82) is 0 Å². The van der Waals surface area contributed by atoms with Gasteiger partial charge in [0.1, 0.15) is 11.6 Å². The first-order valence-corrected chi connectivity index (χ1v) is 14.1. The summed E-state index contributed by atoms with van der Waals surface area (Å²) in [6.45, 7) is 11.3. The van der Waals surface area contributed by atoms with Crippen LogP contribution in [0.5, 0.6) is 0 Å². The number of aliphatic hydroxyl groups excluding tert-OH is 1. The standard InChI is InChI=1S/C25H39N3O7S/c1-5-8-9-12-35-19(7-3)14-21(30)28-16-18(29)13-20(28)22(31)26-25(15-17(25)6-2)23(32)27-36(33,34)24(4)10-11-24/h5-6,17-20,29H,1-2,7-16H2,3-4H3,(H,26,31)(H,27,32)/t17-,18-,19+,20+,25-/m1/s1. The molecule has 0 spiro atoms. The molecule has 3 N–H and O–H groups in total. The number of hydrogen-bond acceptors (Lipinski definition) is 7. The van der Waals surface area contributed by atoms with E-state index >= 15 is 0 Å². The number of carbonyl (C=O) groups is 3. The van der Waals surface area contributed by atoms with Gasteiger partial charge in [0.05, 0.1) is 23.4 Å². The maximum Gasteiger partial charge on any atom is 0.259 e. The Morgan fingerprint density at radius 2 is 1.97 bits per heavy atom. The van der Waals surface area contributed by atoms with E-state index in [4.69, 9.17) is 4.74 Å². The largest absolute Gasteiger partial charge is 0.391 e. The summed E-state index contributed by atoms with van der Waals surface area (Å²) in [5.74, 6) is -2.16. The van der Waals surface area contributed by atoms with E-state index in [0.717, 1.165) is 12.8 Å². The number of likely N-dealkylation sites (tertiary alicyclic amines) is 1. The Labute approximate surface area is 213 Å². The first-order valence-electron chi connectivity index (χ1n) is 12.6. The molecule has 0 aromatic rings. The Kier molecular flexibility index (Phi) is 8.67. The molecule has 2 saturated carbocycles. The summed E-state index contributed by atoms with van der Waals surface area (Å²) in [6, 6.07) is -0.973. The zero-order valence-electron chi connectivity index (χ0n) is 21.2. The van der Waals surface area contributed by atoms with E-state index in [1.165, 1.54) is 11.0 Å². The van der Waals surface area contributed by atoms with Gasteiger partial charge in [0.15, 0.2) is 0 Å². The molecule has 0 aromatic heterocycles. The van der Waals surface area contributed by atoms with Gasteiger partial charge in [-0.3, -0.25) is 19.1 Å². The smallest absolute Gasteiger partial charge is 0.259 e. The summed E-state index contributed by atoms with van der Waals surface area (Å²) < 4.78 is 32.1. The van der Waals surface area contributed by atoms with Gasteiger partial charge in [0.25, 0.3) is 5.91 Å². The topological polar surface area (TPSA) is 142 Å². The number of β-amino-alcohol motifs (C(OH)–C–C–N with tert-alkyl or cyclic N) is 1. The molecular weight excluding hydrogens is 486 g/mol. The van der Waals surface area contributed by atoms with E-state index in [-0.39, 0.29) is 37.8 Å². The number of sulfonamides is 1. The lowest BCUT2D eigenvalue weighted by molar-refractivity contribution is -0.141. The molecule has 10 nitrogen and oxygen atoms in total. The molecule has 1 heterocycles. The molecule has 5 atom stereocenters. The number of nitrogens with one attached hydrogen (secondary N) is 2. The molecule has 0 radical (unpaired) electrons. The number of amides is 3. The zero-order chi connectivity index (χ0) is 26.7. The van der Waals surface area contributed by atoms with Crippen LogP contribution < -0.4 is 10.0 Å². The molecule has 1 aliphatic heterocycles. The zero-order valence-corrected chi connectivity index (χ0v) is 22.0. The fourth-order valence-electron chi connectivity index (χ4n) is 4.57. The fraction of sp³-hybridized carbons (Fsp3) is 0.720. The monoisotopic (exact) mass is 525 g/mol. The number of allylic oxidation sites excluding steroid dienone is 1. The summed E-state index contributed by atoms with van der Waals surface area (Å²) in [5.41, 5.74) is -1.44. The number of aliphatic hydroxyl groups is 1. The highest BCUT2D eigenvalue weighted by atomic mass is 32.2. The van der Waals surface area contributed by atoms with Crippen LogP contribution in [0.3, 0.4) is 0 Å². The molecule has 0 aromatic carbocycles. The van der Waals surface area contributed by atoms with Crippen LogP contribution in [0.1, 0.15) is 65.2 Å². The Bertz CT molecular complexity index is 994. The molecule has 1 saturated heterocycles. The Hall–Kier alpha value is -2.24. The Balaban J connectivity index is 1.66. The minimum absolute atomic E-state index is 0.000631. The highest BCUT2D eigenvalue weighted by Gasteiger charge is 2.62. The molecule has 2 aliphatic carbocycles. The molecule has 0 unspecified atom stereocenters. The van der Waals surface area contributed by atoms with E-state index in [9.17, 15) is 27.9 Å². The van der Waals surface area contributed by atoms with Gasteiger partial charge >= 0.3 is 0 Å². The van der Waals surface area contributed by atoms with Gasteiger partial charge in [0.2, 0.25) is 21.8 Å². The van der Waals surface area contributed by atoms with Gasteiger partial charge in [-0.1, -0.05) is 19.1 Å². The highest BCUT2D eigenvalue weighted by molar-refractivity contribution is 7.91. The van der Waals surface area contributed by atoms with E-state index in [2.05, 4.69) is 23.2 Å². The minimum Gasteiger partial charge on any atom is -0.391 e. The average Bonchev–Trinajstić information content (AvgIpc) is 3.71. The molecule has 3 rings (SSSR count). The van der Waals surface area contributed by atoms with Gasteiger partial charge in [-0.2, -0.15) is 0 Å². The lowest BCUT2D eigenvalue weighted by atomic mass is 10.1. The third-order valence-electron chi connectivity index (χ3n) is 7.55. The van der Waals surface area contributed by atoms with Crippen LogP contribution in [0, 0.1) is 5.92 Å². The third kappa shape index (κ3) is 6.00. The first-order chi connectivity index (χ1) is 16.9. The van der Waals surface area contributed by atoms with Crippen LogP contribution in [-0.2, 0) is 29.1 Å². The maximum absolute atomic E-state index is 13.3. The highest BCUT2D eigenvalue weighted by Crippen LogP contribution is 2.47. The number of nitrogens with zero attached hydrogens (tertiary/aromatic N) is 1. The van der Waals surface area contributed by atoms with Gasteiger partial charge in [-0.05, 0) is 45.4 Å². The number of carbonyl (C=O) groups excluding carboxylic acids is 3. The van der Waals surface area contributed by atoms with Gasteiger partial charge in [-0.25, -0.2) is 8.42 Å². The van der Waals surface area contributed by atoms with Gasteiger partial charge in [0, 0.05) is 25.5 Å². The number of ether oxygens (including phenoxy) is 1. The normalized spacial score (nSPS) is 29.2. The summed E-state index contributed by atoms with van der Waals surface area (Å²) in [6.07, 6.45) is 5.57. The van der Waals surface area contributed by atoms with Crippen molar-refractivity contribution in [3.8, 4) is 0 Å². The van der Waals surface area contributed by atoms with Crippen LogP contribution in [0.2, 0.25) is 0 Å². The summed E-state index contributed by atoms with van der Waals surface area (Å²) in [4.78, 5) is 40.7. The maximum atomic E-state index is 13.3. The summed E-state index contributed by atoms with van der Waals surface area (Å²) in [7, 11) is -3.89. The quantitative estimate of drug-likeness (QED) is 0.228. The van der Waals surface area contributed by atoms with Crippen molar-refractivity contribution in [2.45, 2.75) is 93.7 Å². The van der Waals surface area contributed by atoms with Gasteiger partial charge < -0.3 is 20.1 Å². The third-order valence-corrected chi connectivity index (χ3v) is 9.71. The lowest BCUT2D eigenvalue weighted by Crippen LogP contribution is -2.57. The van der Waals surface area contributed by atoms with Crippen LogP contribution >= 0.6 is 0 Å². The number of rotatable bonds is 14. The molecular formula is C25H39N3O7S. The van der Waals surface area contributed by atoms with Crippen LogP contribution in [-0.4, -0.2) is 77.8 Å². The predicted octanol–water partition coefficient (Wildman–Crippen LogP) is 1.16. The molecule has 202 valence electrons. The molecule has 11 heteroatoms. The minimum atomic E-state index is -3.89. The van der Waals surface area contributed by atoms with Crippen molar-refractivity contribution < 1.29 is 32.6 Å². The van der Waals surface area contributed by atoms with E-state index < -0.39 is 50.2 Å². The van der Waals surface area contributed by atoms with Crippen molar-refractivity contribution in [2.24, 2.45) is 5.92 Å². The predicted molar refractivity (Wildman–Crippen MR) is 134 cm³/mol. The second kappa shape index (κ2) is 11.0. The van der Waals surface area contributed by atoms with Crippen LogP contribution in [0.4, 0.5) is 0 Å². The molecule has 3 amide bonds. The number of unbranched alkanes of at least 4 members (excludes halogenated alkanes) is 1. The van der Waals surface area contributed by atoms with Crippen molar-refractivity contribution in [3.63, 3.8) is 0 Å². The van der Waals surface area contributed by atoms with E-state index in [0.29, 0.717) is 25.9 Å². The Morgan fingerprint density at radius 3 is 2.53 bits per heavy atom. The van der Waals surface area contributed by atoms with E-state index in [1.54, 1.807) is 13.0 Å². The lowest BCUT2D eigenvalue weighted by Gasteiger charge is -2.28. The average molecular weight is 526 g/mol. The molecule has 0 bridgehead atoms. The van der Waals surface area contributed by atoms with Crippen molar-refractivity contribution in [2.75, 3.05) is 13.2 Å². The number of hydrogen-bond donors (Lipinski definition) is 3. The summed E-state index contributed by atoms with van der Waals surface area (Å²) in [5, 5.41) is 12.9. The van der Waals surface area contributed by atoms with Crippen LogP contribution in [0.15, 0.2) is 25.3 Å². The molecule has 3 fully saturated rings. The second-order valence-corrected chi connectivity index (χ2v) is 12.6. The van der Waals surface area contributed by atoms with Crippen molar-refractivity contribution >= 4 is 27.7 Å². The SMILES string of the molecule is C=CCCCO[C@@H](CC)CC(=O)N1C[C@H](O)C[C@H]1C(=O)N[C@]1(C(=O)NS(=O)(=O)C2(C)CC2)C[C@H]1C=C. The second-order valence-electron chi connectivity index (χ2n) is 10.4. The Morgan fingerprint density at radius 1 is 1.28 bits per heavy atom. The van der Waals surface area contributed by atoms with Crippen molar-refractivity contribution in [1.82, 2.24) is 14.9 Å². The molecule has 3 aliphatic rings. The van der Waals surface area contributed by atoms with Crippen LogP contribution in [0.25, 0.3) is 0 Å². The molecule has 36 heavy (non-hydrogen) atoms. The fourth-order valence-corrected chi connectivity index (χ4v) is 5.88. The first kappa shape index (κ1) is 28.3. The van der Waals surface area contributed by atoms with Crippen molar-refractivity contribution in [3.05, 3.63) is 25.3 Å². The van der Waals surface area contributed by atoms with Gasteiger partial charge in [-0.15, -0.1) is 13.2 Å². The van der Waals surface area contributed by atoms with E-state index in [1.807, 2.05) is 6.92 Å². The summed E-state index contributed by atoms with van der Waals surface area (Å²) >= 11 is 0.